The van der Waals surface area contributed by atoms with Gasteiger partial charge in [-0.15, -0.1) is 0 Å². The predicted molar refractivity (Wildman–Crippen MR) is 77.0 cm³/mol. The van der Waals surface area contributed by atoms with E-state index in [-0.39, 0.29) is 17.0 Å². The van der Waals surface area contributed by atoms with Gasteiger partial charge in [0.25, 0.3) is 0 Å². The molecule has 0 amide bonds. The molecule has 0 unspecified atom stereocenters. The van der Waals surface area contributed by atoms with E-state index < -0.39 is 15.8 Å². The molecule has 110 valence electrons. The van der Waals surface area contributed by atoms with Crippen molar-refractivity contribution in [2.24, 2.45) is 5.73 Å². The van der Waals surface area contributed by atoms with Crippen LogP contribution in [0.3, 0.4) is 0 Å². The van der Waals surface area contributed by atoms with E-state index in [9.17, 15) is 12.8 Å². The molecular formula is C14H19FN2O2S. The number of rotatable bonds is 6. The van der Waals surface area contributed by atoms with Crippen LogP contribution in [0.4, 0.5) is 4.39 Å². The Balaban J connectivity index is 2.83. The Labute approximate surface area is 119 Å². The van der Waals surface area contributed by atoms with Crippen molar-refractivity contribution in [1.29, 1.82) is 0 Å². The zero-order valence-corrected chi connectivity index (χ0v) is 12.3. The summed E-state index contributed by atoms with van der Waals surface area (Å²) in [6.45, 7) is 2.51. The van der Waals surface area contributed by atoms with Gasteiger partial charge >= 0.3 is 0 Å². The number of halogens is 1. The maximum Gasteiger partial charge on any atom is 0.240 e. The highest BCUT2D eigenvalue weighted by molar-refractivity contribution is 7.89. The van der Waals surface area contributed by atoms with Crippen molar-refractivity contribution in [1.82, 2.24) is 4.72 Å². The molecule has 0 fully saturated rings. The summed E-state index contributed by atoms with van der Waals surface area (Å²) in [4.78, 5) is -0.0928. The third kappa shape index (κ3) is 4.93. The molecule has 0 spiro atoms. The van der Waals surface area contributed by atoms with Gasteiger partial charge in [-0.05, 0) is 24.6 Å². The fraction of sp³-hybridized carbons (Fsp3) is 0.429. The van der Waals surface area contributed by atoms with Crippen LogP contribution in [0.15, 0.2) is 23.1 Å². The molecule has 0 saturated carbocycles. The Kier molecular flexibility index (Phi) is 6.65. The summed E-state index contributed by atoms with van der Waals surface area (Å²) < 4.78 is 40.0. The first-order chi connectivity index (χ1) is 9.51. The molecule has 4 nitrogen and oxygen atoms in total. The van der Waals surface area contributed by atoms with Crippen LogP contribution < -0.4 is 10.5 Å². The zero-order chi connectivity index (χ0) is 15.0. The van der Waals surface area contributed by atoms with Gasteiger partial charge in [0.05, 0.1) is 17.0 Å². The molecule has 0 radical (unpaired) electrons. The SMILES string of the molecule is CCCCCNS(=O)(=O)c1ccc(C#CCN)c(F)c1. The Morgan fingerprint density at radius 3 is 2.70 bits per heavy atom. The lowest BCUT2D eigenvalue weighted by Gasteiger charge is -2.07. The number of hydrogen-bond donors (Lipinski definition) is 2. The van der Waals surface area contributed by atoms with E-state index in [4.69, 9.17) is 5.73 Å². The Bertz CT molecular complexity index is 603. The van der Waals surface area contributed by atoms with Crippen molar-refractivity contribution >= 4 is 10.0 Å². The summed E-state index contributed by atoms with van der Waals surface area (Å²) in [7, 11) is -3.66. The van der Waals surface area contributed by atoms with E-state index in [0.717, 1.165) is 25.3 Å². The van der Waals surface area contributed by atoms with Gasteiger partial charge in [-0.25, -0.2) is 17.5 Å². The largest absolute Gasteiger partial charge is 0.320 e. The van der Waals surface area contributed by atoms with E-state index in [1.807, 2.05) is 6.92 Å². The lowest BCUT2D eigenvalue weighted by atomic mass is 10.2. The minimum atomic E-state index is -3.66. The van der Waals surface area contributed by atoms with Crippen LogP contribution in [-0.4, -0.2) is 21.5 Å². The summed E-state index contributed by atoms with van der Waals surface area (Å²) >= 11 is 0. The fourth-order valence-electron chi connectivity index (χ4n) is 1.58. The molecule has 0 heterocycles. The van der Waals surface area contributed by atoms with Gasteiger partial charge < -0.3 is 5.73 Å². The first kappa shape index (κ1) is 16.6. The van der Waals surface area contributed by atoms with Crippen LogP contribution in [0.5, 0.6) is 0 Å². The topological polar surface area (TPSA) is 72.2 Å². The minimum Gasteiger partial charge on any atom is -0.320 e. The molecule has 0 aliphatic rings. The molecule has 0 saturated heterocycles. The highest BCUT2D eigenvalue weighted by atomic mass is 32.2. The van der Waals surface area contributed by atoms with Crippen molar-refractivity contribution in [3.63, 3.8) is 0 Å². The van der Waals surface area contributed by atoms with Crippen molar-refractivity contribution in [2.75, 3.05) is 13.1 Å². The van der Waals surface area contributed by atoms with Gasteiger partial charge in [0.1, 0.15) is 5.82 Å². The number of nitrogens with one attached hydrogen (secondary N) is 1. The van der Waals surface area contributed by atoms with Crippen LogP contribution in [0.1, 0.15) is 31.7 Å². The van der Waals surface area contributed by atoms with Crippen molar-refractivity contribution in [3.8, 4) is 11.8 Å². The number of sulfonamides is 1. The lowest BCUT2D eigenvalue weighted by Crippen LogP contribution is -2.24. The average molecular weight is 298 g/mol. The number of nitrogens with two attached hydrogens (primary N) is 1. The van der Waals surface area contributed by atoms with Gasteiger partial charge in [0.2, 0.25) is 10.0 Å². The number of hydrogen-bond acceptors (Lipinski definition) is 3. The second-order valence-corrected chi connectivity index (χ2v) is 6.02. The van der Waals surface area contributed by atoms with Gasteiger partial charge in [-0.2, -0.15) is 0 Å². The van der Waals surface area contributed by atoms with E-state index in [1.54, 1.807) is 0 Å². The van der Waals surface area contributed by atoms with Crippen molar-refractivity contribution in [2.45, 2.75) is 31.1 Å². The van der Waals surface area contributed by atoms with Crippen LogP contribution in [0.2, 0.25) is 0 Å². The van der Waals surface area contributed by atoms with Crippen molar-refractivity contribution in [3.05, 3.63) is 29.6 Å². The highest BCUT2D eigenvalue weighted by Crippen LogP contribution is 2.14. The Morgan fingerprint density at radius 1 is 1.35 bits per heavy atom. The first-order valence-electron chi connectivity index (χ1n) is 6.49. The molecule has 20 heavy (non-hydrogen) atoms. The predicted octanol–water partition coefficient (Wildman–Crippen LogP) is 1.60. The molecule has 0 aromatic heterocycles. The molecule has 3 N–H and O–H groups in total. The Morgan fingerprint density at radius 2 is 2.10 bits per heavy atom. The zero-order valence-electron chi connectivity index (χ0n) is 11.4. The molecule has 1 rings (SSSR count). The van der Waals surface area contributed by atoms with E-state index in [2.05, 4.69) is 16.6 Å². The molecule has 1 aromatic rings. The second-order valence-electron chi connectivity index (χ2n) is 4.25. The molecule has 0 atom stereocenters. The van der Waals surface area contributed by atoms with Crippen LogP contribution in [-0.2, 0) is 10.0 Å². The summed E-state index contributed by atoms with van der Waals surface area (Å²) in [6.07, 6.45) is 2.72. The third-order valence-corrected chi connectivity index (χ3v) is 4.11. The molecule has 6 heteroatoms. The highest BCUT2D eigenvalue weighted by Gasteiger charge is 2.15. The molecule has 0 aliphatic carbocycles. The number of benzene rings is 1. The molecular weight excluding hydrogens is 279 g/mol. The summed E-state index contributed by atoms with van der Waals surface area (Å²) in [5, 5.41) is 0. The summed E-state index contributed by atoms with van der Waals surface area (Å²) in [5.74, 6) is 4.41. The average Bonchev–Trinajstić information content (AvgIpc) is 2.42. The van der Waals surface area contributed by atoms with Crippen LogP contribution in [0, 0.1) is 17.7 Å². The third-order valence-electron chi connectivity index (χ3n) is 2.65. The second kappa shape index (κ2) is 8.00. The van der Waals surface area contributed by atoms with Gasteiger partial charge in [0.15, 0.2) is 0 Å². The van der Waals surface area contributed by atoms with Gasteiger partial charge in [0, 0.05) is 6.54 Å². The van der Waals surface area contributed by atoms with Crippen molar-refractivity contribution < 1.29 is 12.8 Å². The van der Waals surface area contributed by atoms with E-state index in [0.29, 0.717) is 6.54 Å². The van der Waals surface area contributed by atoms with Crippen LogP contribution in [0.25, 0.3) is 0 Å². The summed E-state index contributed by atoms with van der Waals surface area (Å²) in [5.41, 5.74) is 5.34. The first-order valence-corrected chi connectivity index (χ1v) is 7.97. The molecule has 1 aromatic carbocycles. The fourth-order valence-corrected chi connectivity index (χ4v) is 2.66. The maximum atomic E-state index is 13.7. The molecule has 0 aliphatic heterocycles. The van der Waals surface area contributed by atoms with Gasteiger partial charge in [-0.3, -0.25) is 0 Å². The lowest BCUT2D eigenvalue weighted by molar-refractivity contribution is 0.572. The standard InChI is InChI=1S/C14H19FN2O2S/c1-2-3-4-10-17-20(18,19)13-8-7-12(6-5-9-16)14(15)11-13/h7-8,11,17H,2-4,9-10,16H2,1H3. The maximum absolute atomic E-state index is 13.7. The van der Waals surface area contributed by atoms with E-state index in [1.165, 1.54) is 12.1 Å². The smallest absolute Gasteiger partial charge is 0.240 e. The Hall–Kier alpha value is -1.42. The quantitative estimate of drug-likeness (QED) is 0.619. The van der Waals surface area contributed by atoms with E-state index >= 15 is 0 Å². The summed E-state index contributed by atoms with van der Waals surface area (Å²) in [6, 6.07) is 3.66. The van der Waals surface area contributed by atoms with Gasteiger partial charge in [-0.1, -0.05) is 31.6 Å². The monoisotopic (exact) mass is 298 g/mol. The minimum absolute atomic E-state index is 0.0928. The number of unbranched alkanes of at least 4 members (excludes halogenated alkanes) is 2. The van der Waals surface area contributed by atoms with Crippen LogP contribution >= 0.6 is 0 Å². The molecule has 0 bridgehead atoms. The normalized spacial score (nSPS) is 10.9.